The van der Waals surface area contributed by atoms with Crippen molar-refractivity contribution < 1.29 is 19.8 Å². The molecule has 8 nitrogen and oxygen atoms in total. The molecule has 54 valence electrons. The van der Waals surface area contributed by atoms with Crippen molar-refractivity contribution in [1.29, 1.82) is 21.6 Å². The van der Waals surface area contributed by atoms with Gasteiger partial charge < -0.3 is 24.6 Å². The molecule has 0 aromatic carbocycles. The molecule has 0 spiro atoms. The standard InChI is InChI=1S/2N2.4H2N.Os/c2*1-2;;;;;/h;;4*1H2;/q;;4*-1;+6. The molecular weight excluding hydrogens is 302 g/mol. The van der Waals surface area contributed by atoms with Gasteiger partial charge in [0.25, 0.3) is 0 Å². The van der Waals surface area contributed by atoms with E-state index in [2.05, 4.69) is 0 Å². The molecule has 0 aromatic heterocycles. The minimum Gasteiger partial charge on any atom is -0.693 e. The Hall–Kier alpha value is -0.684. The Morgan fingerprint density at radius 1 is 0.444 bits per heavy atom. The van der Waals surface area contributed by atoms with Crippen LogP contribution in [-0.2, 0) is 19.8 Å². The molecule has 0 saturated heterocycles. The van der Waals surface area contributed by atoms with Gasteiger partial charge in [-0.3, -0.25) is 0 Å². The molecule has 0 fully saturated rings. The Kier molecular flexibility index (Phi) is 17800. The fourth-order valence-corrected chi connectivity index (χ4v) is 0. The molecule has 0 amide bonds. The molecule has 0 aromatic rings. The average Bonchev–Trinajstić information content (AvgIpc) is 1.50. The van der Waals surface area contributed by atoms with Crippen molar-refractivity contribution in [2.24, 2.45) is 0 Å². The van der Waals surface area contributed by atoms with Gasteiger partial charge in [-0.2, -0.15) is 0 Å². The van der Waals surface area contributed by atoms with Crippen molar-refractivity contribution in [3.8, 4) is 0 Å². The maximum atomic E-state index is 6.00. The maximum absolute atomic E-state index is 6.00. The normalized spacial score (nSPS) is 0.444. The van der Waals surface area contributed by atoms with E-state index in [0.29, 0.717) is 0 Å². The van der Waals surface area contributed by atoms with Crippen LogP contribution in [0.2, 0.25) is 0 Å². The van der Waals surface area contributed by atoms with Crippen molar-refractivity contribution in [2.75, 3.05) is 0 Å². The fraction of sp³-hybridized carbons (Fsp3) is 0. The summed E-state index contributed by atoms with van der Waals surface area (Å²) in [6.07, 6.45) is 0. The monoisotopic (exact) mass is 312 g/mol. The fourth-order valence-electron chi connectivity index (χ4n) is 0. The second-order valence-corrected chi connectivity index (χ2v) is 0. The molecule has 0 heterocycles. The summed E-state index contributed by atoms with van der Waals surface area (Å²) in [7, 11) is 0. The van der Waals surface area contributed by atoms with E-state index < -0.39 is 0 Å². The Bertz CT molecular complexity index is 20.0. The molecule has 0 unspecified atom stereocenters. The first kappa shape index (κ1) is 257. The predicted octanol–water partition coefficient (Wildman–Crippen LogP) is 2.93. The van der Waals surface area contributed by atoms with E-state index in [-0.39, 0.29) is 44.4 Å². The zero-order chi connectivity index (χ0) is 4.00. The van der Waals surface area contributed by atoms with Gasteiger partial charge in [0.05, 0.1) is 0 Å². The topological polar surface area (TPSA) is 229 Å². The van der Waals surface area contributed by atoms with Gasteiger partial charge in [-0.1, -0.05) is 0 Å². The van der Waals surface area contributed by atoms with Crippen LogP contribution in [0, 0.1) is 21.6 Å². The van der Waals surface area contributed by atoms with Crippen LogP contribution in [0.3, 0.4) is 0 Å². The number of nitrogens with zero attached hydrogens (tertiary/aromatic N) is 4. The van der Waals surface area contributed by atoms with Crippen LogP contribution in [0.25, 0.3) is 24.6 Å². The molecular formula is H8N8Os+2. The first-order chi connectivity index (χ1) is 2.00. The zero-order valence-corrected chi connectivity index (χ0v) is 6.99. The van der Waals surface area contributed by atoms with Gasteiger partial charge in [0.1, 0.15) is 0 Å². The molecule has 0 radical (unpaired) electrons. The van der Waals surface area contributed by atoms with Crippen LogP contribution < -0.4 is 0 Å². The SMILES string of the molecule is N#N.N#N.[NH2-].[NH2-].[NH2-].[NH2-].[Os+6]. The molecule has 0 rings (SSSR count). The molecule has 0 atom stereocenters. The summed E-state index contributed by atoms with van der Waals surface area (Å²) in [5.41, 5.74) is 0. The molecule has 0 aliphatic carbocycles. The summed E-state index contributed by atoms with van der Waals surface area (Å²) in [4.78, 5) is 0. The van der Waals surface area contributed by atoms with Gasteiger partial charge in [0.2, 0.25) is 0 Å². The van der Waals surface area contributed by atoms with Gasteiger partial charge in [-0.15, -0.1) is 0 Å². The summed E-state index contributed by atoms with van der Waals surface area (Å²) in [6.45, 7) is 0. The van der Waals surface area contributed by atoms with Gasteiger partial charge in [-0.25, -0.2) is 0 Å². The van der Waals surface area contributed by atoms with Crippen LogP contribution in [-0.4, -0.2) is 0 Å². The Morgan fingerprint density at radius 2 is 0.444 bits per heavy atom. The Labute approximate surface area is 66.6 Å². The van der Waals surface area contributed by atoms with Gasteiger partial charge in [0, 0.05) is 21.6 Å². The molecule has 9 heavy (non-hydrogen) atoms. The summed E-state index contributed by atoms with van der Waals surface area (Å²) >= 11 is 0. The van der Waals surface area contributed by atoms with E-state index in [0.717, 1.165) is 0 Å². The Morgan fingerprint density at radius 3 is 0.444 bits per heavy atom. The molecule has 8 N–H and O–H groups in total. The van der Waals surface area contributed by atoms with E-state index in [4.69, 9.17) is 21.6 Å². The minimum atomic E-state index is 0. The third-order valence-corrected chi connectivity index (χ3v) is 0. The van der Waals surface area contributed by atoms with Crippen molar-refractivity contribution in [3.63, 3.8) is 0 Å². The third kappa shape index (κ3) is 442. The van der Waals surface area contributed by atoms with Crippen LogP contribution >= 0.6 is 0 Å². The van der Waals surface area contributed by atoms with E-state index >= 15 is 0 Å². The van der Waals surface area contributed by atoms with E-state index in [1.807, 2.05) is 0 Å². The van der Waals surface area contributed by atoms with Crippen LogP contribution in [0.5, 0.6) is 0 Å². The second-order valence-electron chi connectivity index (χ2n) is 0. The minimum absolute atomic E-state index is 0. The van der Waals surface area contributed by atoms with Gasteiger partial charge in [0.15, 0.2) is 0 Å². The number of hydrogen-bond acceptors (Lipinski definition) is 4. The predicted molar refractivity (Wildman–Crippen MR) is 28.0 cm³/mol. The number of rotatable bonds is 0. The van der Waals surface area contributed by atoms with E-state index in [1.165, 1.54) is 0 Å². The quantitative estimate of drug-likeness (QED) is 0.613. The summed E-state index contributed by atoms with van der Waals surface area (Å²) < 4.78 is 0. The third-order valence-electron chi connectivity index (χ3n) is 0. The number of nitrogens with two attached hydrogens (primary N) is 4. The maximum Gasteiger partial charge on any atom is 6.00 e. The summed E-state index contributed by atoms with van der Waals surface area (Å²) in [6, 6.07) is 0. The van der Waals surface area contributed by atoms with Gasteiger partial charge in [-0.05, 0) is 0 Å². The van der Waals surface area contributed by atoms with Crippen molar-refractivity contribution in [3.05, 3.63) is 24.6 Å². The van der Waals surface area contributed by atoms with Crippen molar-refractivity contribution >= 4 is 0 Å². The molecule has 0 bridgehead atoms. The largest absolute Gasteiger partial charge is 6.00 e. The molecule has 9 heteroatoms. The van der Waals surface area contributed by atoms with E-state index in [9.17, 15) is 0 Å². The van der Waals surface area contributed by atoms with Crippen LogP contribution in [0.15, 0.2) is 0 Å². The smallest absolute Gasteiger partial charge is 0.693 e. The van der Waals surface area contributed by atoms with Crippen LogP contribution in [0.4, 0.5) is 0 Å². The average molecular weight is 310 g/mol. The summed E-state index contributed by atoms with van der Waals surface area (Å²) in [5, 5.41) is 24.0. The first-order valence-corrected chi connectivity index (χ1v) is 0.400. The van der Waals surface area contributed by atoms with Crippen LogP contribution in [0.1, 0.15) is 0 Å². The summed E-state index contributed by atoms with van der Waals surface area (Å²) in [5.74, 6) is 0. The van der Waals surface area contributed by atoms with Crippen molar-refractivity contribution in [2.45, 2.75) is 0 Å². The molecule has 0 aliphatic rings. The molecule has 0 saturated carbocycles. The van der Waals surface area contributed by atoms with Gasteiger partial charge >= 0.3 is 19.8 Å². The first-order valence-electron chi connectivity index (χ1n) is 0.400. The second kappa shape index (κ2) is 625. The number of hydrogen-bond donors (Lipinski definition) is 0. The van der Waals surface area contributed by atoms with Crippen molar-refractivity contribution in [1.82, 2.24) is 0 Å². The zero-order valence-electron chi connectivity index (χ0n) is 4.45. The Balaban J connectivity index is -0.00000000114. The van der Waals surface area contributed by atoms with E-state index in [1.54, 1.807) is 0 Å². The molecule has 0 aliphatic heterocycles.